The number of nitrogens with zero attached hydrogens (tertiary/aromatic N) is 2. The van der Waals surface area contributed by atoms with Crippen LogP contribution in [0, 0.1) is 0 Å². The van der Waals surface area contributed by atoms with E-state index in [1.54, 1.807) is 37.7 Å². The van der Waals surface area contributed by atoms with E-state index in [4.69, 9.17) is 14.2 Å². The molecule has 2 aromatic carbocycles. The SMILES string of the molecule is COc1cccc(CNc2nccn(-c3ccc4c(c3)OCO4)c2=O)c1. The van der Waals surface area contributed by atoms with E-state index < -0.39 is 0 Å². The fourth-order valence-electron chi connectivity index (χ4n) is 2.74. The average Bonchev–Trinajstić information content (AvgIpc) is 3.15. The minimum atomic E-state index is -0.241. The van der Waals surface area contributed by atoms with Gasteiger partial charge in [0.05, 0.1) is 12.8 Å². The summed E-state index contributed by atoms with van der Waals surface area (Å²) in [4.78, 5) is 16.9. The van der Waals surface area contributed by atoms with Gasteiger partial charge in [-0.25, -0.2) is 4.98 Å². The lowest BCUT2D eigenvalue weighted by Gasteiger charge is -2.10. The largest absolute Gasteiger partial charge is 0.497 e. The summed E-state index contributed by atoms with van der Waals surface area (Å²) >= 11 is 0. The Balaban J connectivity index is 1.59. The first-order chi connectivity index (χ1) is 12.7. The molecule has 0 fully saturated rings. The van der Waals surface area contributed by atoms with Crippen molar-refractivity contribution in [2.24, 2.45) is 0 Å². The third-order valence-electron chi connectivity index (χ3n) is 4.07. The first kappa shape index (κ1) is 16.0. The molecule has 7 heteroatoms. The van der Waals surface area contributed by atoms with Gasteiger partial charge in [0, 0.05) is 25.0 Å². The zero-order valence-corrected chi connectivity index (χ0v) is 14.1. The highest BCUT2D eigenvalue weighted by Gasteiger charge is 2.15. The summed E-state index contributed by atoms with van der Waals surface area (Å²) in [6.45, 7) is 0.655. The first-order valence-electron chi connectivity index (χ1n) is 8.09. The van der Waals surface area contributed by atoms with E-state index in [2.05, 4.69) is 10.3 Å². The van der Waals surface area contributed by atoms with Crippen LogP contribution in [0.1, 0.15) is 5.56 Å². The van der Waals surface area contributed by atoms with Gasteiger partial charge >= 0.3 is 0 Å². The van der Waals surface area contributed by atoms with E-state index in [9.17, 15) is 4.79 Å². The Morgan fingerprint density at radius 3 is 2.96 bits per heavy atom. The molecule has 1 aliphatic rings. The molecule has 0 unspecified atom stereocenters. The summed E-state index contributed by atoms with van der Waals surface area (Å²) < 4.78 is 17.4. The summed E-state index contributed by atoms with van der Waals surface area (Å²) in [6, 6.07) is 13.0. The Morgan fingerprint density at radius 1 is 1.19 bits per heavy atom. The van der Waals surface area contributed by atoms with Crippen molar-refractivity contribution >= 4 is 5.82 Å². The van der Waals surface area contributed by atoms with Gasteiger partial charge in [-0.2, -0.15) is 0 Å². The molecule has 3 aromatic rings. The Bertz CT molecular complexity index is 1000. The number of rotatable bonds is 5. The van der Waals surface area contributed by atoms with Crippen molar-refractivity contribution in [3.8, 4) is 22.9 Å². The highest BCUT2D eigenvalue weighted by molar-refractivity contribution is 5.51. The highest BCUT2D eigenvalue weighted by Crippen LogP contribution is 2.33. The zero-order chi connectivity index (χ0) is 17.9. The van der Waals surface area contributed by atoms with Crippen LogP contribution in [-0.4, -0.2) is 23.5 Å². The highest BCUT2D eigenvalue weighted by atomic mass is 16.7. The standard InChI is InChI=1S/C19H17N3O4/c1-24-15-4-2-3-13(9-15)11-21-18-19(23)22(8-7-20-18)14-5-6-16-17(10-14)26-12-25-16/h2-10H,11-12H2,1H3,(H,20,21). The zero-order valence-electron chi connectivity index (χ0n) is 14.1. The van der Waals surface area contributed by atoms with Crippen LogP contribution in [0.3, 0.4) is 0 Å². The topological polar surface area (TPSA) is 74.6 Å². The van der Waals surface area contributed by atoms with Gasteiger partial charge in [0.2, 0.25) is 6.79 Å². The second-order valence-electron chi connectivity index (χ2n) is 5.69. The van der Waals surface area contributed by atoms with Crippen molar-refractivity contribution in [3.63, 3.8) is 0 Å². The fourth-order valence-corrected chi connectivity index (χ4v) is 2.74. The van der Waals surface area contributed by atoms with Gasteiger partial charge in [-0.3, -0.25) is 9.36 Å². The molecule has 0 atom stereocenters. The Labute approximate surface area is 149 Å². The van der Waals surface area contributed by atoms with Crippen molar-refractivity contribution in [1.29, 1.82) is 0 Å². The van der Waals surface area contributed by atoms with Crippen LogP contribution in [-0.2, 0) is 6.54 Å². The van der Waals surface area contributed by atoms with Crippen LogP contribution >= 0.6 is 0 Å². The maximum Gasteiger partial charge on any atom is 0.297 e. The number of hydrogen-bond donors (Lipinski definition) is 1. The summed E-state index contributed by atoms with van der Waals surface area (Å²) in [5.41, 5.74) is 1.43. The van der Waals surface area contributed by atoms with Crippen molar-refractivity contribution in [2.45, 2.75) is 6.54 Å². The number of hydrogen-bond acceptors (Lipinski definition) is 6. The van der Waals surface area contributed by atoms with Gasteiger partial charge in [0.15, 0.2) is 17.3 Å². The molecule has 0 spiro atoms. The monoisotopic (exact) mass is 351 g/mol. The number of methoxy groups -OCH3 is 1. The smallest absolute Gasteiger partial charge is 0.297 e. The molecule has 7 nitrogen and oxygen atoms in total. The molecular weight excluding hydrogens is 334 g/mol. The summed E-state index contributed by atoms with van der Waals surface area (Å²) in [7, 11) is 1.62. The molecule has 0 saturated heterocycles. The maximum atomic E-state index is 12.8. The van der Waals surface area contributed by atoms with Crippen LogP contribution in [0.25, 0.3) is 5.69 Å². The van der Waals surface area contributed by atoms with E-state index in [0.717, 1.165) is 11.3 Å². The van der Waals surface area contributed by atoms with Crippen LogP contribution < -0.4 is 25.1 Å². The van der Waals surface area contributed by atoms with Crippen molar-refractivity contribution in [2.75, 3.05) is 19.2 Å². The third kappa shape index (κ3) is 3.06. The van der Waals surface area contributed by atoms with E-state index in [1.165, 1.54) is 4.57 Å². The number of anilines is 1. The Hall–Kier alpha value is -3.48. The molecule has 0 radical (unpaired) electrons. The lowest BCUT2D eigenvalue weighted by molar-refractivity contribution is 0.174. The van der Waals surface area contributed by atoms with Crippen molar-refractivity contribution in [1.82, 2.24) is 9.55 Å². The minimum absolute atomic E-state index is 0.192. The van der Waals surface area contributed by atoms with Crippen LogP contribution in [0.5, 0.6) is 17.2 Å². The number of benzene rings is 2. The van der Waals surface area contributed by atoms with Gasteiger partial charge in [0.25, 0.3) is 5.56 Å². The number of aromatic nitrogens is 2. The number of fused-ring (bicyclic) bond motifs is 1. The molecule has 1 N–H and O–H groups in total. The van der Waals surface area contributed by atoms with Gasteiger partial charge in [-0.05, 0) is 29.8 Å². The molecule has 132 valence electrons. The Kier molecular flexibility index (Phi) is 4.18. The normalized spacial score (nSPS) is 12.0. The second-order valence-corrected chi connectivity index (χ2v) is 5.69. The molecule has 4 rings (SSSR count). The van der Waals surface area contributed by atoms with Gasteiger partial charge in [-0.15, -0.1) is 0 Å². The quantitative estimate of drug-likeness (QED) is 0.762. The maximum absolute atomic E-state index is 12.8. The van der Waals surface area contributed by atoms with Crippen molar-refractivity contribution < 1.29 is 14.2 Å². The third-order valence-corrected chi connectivity index (χ3v) is 4.07. The molecule has 1 aliphatic heterocycles. The fraction of sp³-hybridized carbons (Fsp3) is 0.158. The molecule has 1 aromatic heterocycles. The van der Waals surface area contributed by atoms with Crippen molar-refractivity contribution in [3.05, 3.63) is 70.8 Å². The molecule has 0 amide bonds. The second kappa shape index (κ2) is 6.79. The average molecular weight is 351 g/mol. The van der Waals surface area contributed by atoms with E-state index in [-0.39, 0.29) is 18.2 Å². The Morgan fingerprint density at radius 2 is 2.08 bits per heavy atom. The molecule has 26 heavy (non-hydrogen) atoms. The minimum Gasteiger partial charge on any atom is -0.497 e. The van der Waals surface area contributed by atoms with E-state index in [0.29, 0.717) is 23.7 Å². The first-order valence-corrected chi connectivity index (χ1v) is 8.09. The number of nitrogens with one attached hydrogen (secondary N) is 1. The molecular formula is C19H17N3O4. The summed E-state index contributed by atoms with van der Waals surface area (Å²) in [6.07, 6.45) is 3.20. The molecule has 0 saturated carbocycles. The van der Waals surface area contributed by atoms with E-state index >= 15 is 0 Å². The van der Waals surface area contributed by atoms with Crippen LogP contribution in [0.4, 0.5) is 5.82 Å². The predicted molar refractivity (Wildman–Crippen MR) is 96.3 cm³/mol. The summed E-state index contributed by atoms with van der Waals surface area (Å²) in [5.74, 6) is 2.33. The van der Waals surface area contributed by atoms with Gasteiger partial charge < -0.3 is 19.5 Å². The van der Waals surface area contributed by atoms with Gasteiger partial charge in [-0.1, -0.05) is 12.1 Å². The number of ether oxygens (including phenoxy) is 3. The van der Waals surface area contributed by atoms with Crippen LogP contribution in [0.2, 0.25) is 0 Å². The lowest BCUT2D eigenvalue weighted by Crippen LogP contribution is -2.23. The summed E-state index contributed by atoms with van der Waals surface area (Å²) in [5, 5.41) is 3.09. The lowest BCUT2D eigenvalue weighted by atomic mass is 10.2. The molecule has 0 bridgehead atoms. The predicted octanol–water partition coefficient (Wildman–Crippen LogP) is 2.58. The molecule has 0 aliphatic carbocycles. The van der Waals surface area contributed by atoms with Crippen LogP contribution in [0.15, 0.2) is 59.7 Å². The van der Waals surface area contributed by atoms with E-state index in [1.807, 2.05) is 24.3 Å². The van der Waals surface area contributed by atoms with Gasteiger partial charge in [0.1, 0.15) is 5.75 Å². The molecule has 2 heterocycles.